The molecule has 0 spiro atoms. The normalized spacial score (nSPS) is 12.9. The number of anilines is 2. The number of nitrogens with zero attached hydrogens (tertiary/aromatic N) is 1. The van der Waals surface area contributed by atoms with Crippen LogP contribution in [0.15, 0.2) is 18.2 Å². The summed E-state index contributed by atoms with van der Waals surface area (Å²) in [7, 11) is 2.00. The highest BCUT2D eigenvalue weighted by molar-refractivity contribution is 5.98. The molecule has 0 heterocycles. The van der Waals surface area contributed by atoms with Crippen molar-refractivity contribution in [3.63, 3.8) is 0 Å². The highest BCUT2D eigenvalue weighted by Crippen LogP contribution is 2.32. The van der Waals surface area contributed by atoms with E-state index in [0.29, 0.717) is 17.9 Å². The van der Waals surface area contributed by atoms with Gasteiger partial charge < -0.3 is 15.4 Å². The van der Waals surface area contributed by atoms with Crippen LogP contribution in [0, 0.1) is 5.41 Å². The van der Waals surface area contributed by atoms with Crippen LogP contribution in [0.3, 0.4) is 0 Å². The van der Waals surface area contributed by atoms with Crippen molar-refractivity contribution in [2.75, 3.05) is 24.3 Å². The average Bonchev–Trinajstić information content (AvgIpc) is 2.36. The molecule has 1 atom stereocenters. The highest BCUT2D eigenvalue weighted by atomic mass is 16.5. The SMILES string of the molecule is CCOC(=O)c1cccc(N(C)C(C)C(C)(C)C)c1N. The highest BCUT2D eigenvalue weighted by Gasteiger charge is 2.26. The molecular weight excluding hydrogens is 252 g/mol. The van der Waals surface area contributed by atoms with Gasteiger partial charge in [-0.15, -0.1) is 0 Å². The Morgan fingerprint density at radius 2 is 2.00 bits per heavy atom. The third kappa shape index (κ3) is 3.44. The minimum absolute atomic E-state index is 0.112. The molecule has 2 N–H and O–H groups in total. The Morgan fingerprint density at radius 1 is 1.40 bits per heavy atom. The molecule has 1 aromatic rings. The van der Waals surface area contributed by atoms with Gasteiger partial charge in [-0.3, -0.25) is 0 Å². The molecular formula is C16H26N2O2. The molecule has 1 unspecified atom stereocenters. The molecule has 0 saturated carbocycles. The van der Waals surface area contributed by atoms with Crippen LogP contribution < -0.4 is 10.6 Å². The topological polar surface area (TPSA) is 55.6 Å². The summed E-state index contributed by atoms with van der Waals surface area (Å²) in [6, 6.07) is 5.75. The van der Waals surface area contributed by atoms with Crippen LogP contribution in [0.2, 0.25) is 0 Å². The summed E-state index contributed by atoms with van der Waals surface area (Å²) in [6.07, 6.45) is 0. The fourth-order valence-electron chi connectivity index (χ4n) is 2.04. The largest absolute Gasteiger partial charge is 0.462 e. The van der Waals surface area contributed by atoms with Gasteiger partial charge in [-0.25, -0.2) is 4.79 Å². The van der Waals surface area contributed by atoms with Crippen molar-refractivity contribution in [2.45, 2.75) is 40.7 Å². The number of benzene rings is 1. The third-order valence-electron chi connectivity index (χ3n) is 3.79. The van der Waals surface area contributed by atoms with Crippen LogP contribution in [-0.2, 0) is 4.74 Å². The van der Waals surface area contributed by atoms with Crippen LogP contribution in [0.25, 0.3) is 0 Å². The Hall–Kier alpha value is -1.71. The molecule has 0 aliphatic carbocycles. The number of carbonyl (C=O) groups excluding carboxylic acids is 1. The third-order valence-corrected chi connectivity index (χ3v) is 3.79. The van der Waals surface area contributed by atoms with Gasteiger partial charge in [0.2, 0.25) is 0 Å². The predicted molar refractivity (Wildman–Crippen MR) is 84.1 cm³/mol. The molecule has 1 rings (SSSR count). The van der Waals surface area contributed by atoms with Crippen LogP contribution in [0.1, 0.15) is 45.0 Å². The molecule has 0 bridgehead atoms. The zero-order chi connectivity index (χ0) is 15.5. The van der Waals surface area contributed by atoms with E-state index in [0.717, 1.165) is 5.69 Å². The number of para-hydroxylation sites is 1. The van der Waals surface area contributed by atoms with E-state index in [9.17, 15) is 4.79 Å². The minimum Gasteiger partial charge on any atom is -0.462 e. The maximum Gasteiger partial charge on any atom is 0.340 e. The van der Waals surface area contributed by atoms with E-state index in [1.54, 1.807) is 13.0 Å². The Morgan fingerprint density at radius 3 is 2.50 bits per heavy atom. The number of nitrogen functional groups attached to an aromatic ring is 1. The van der Waals surface area contributed by atoms with Crippen molar-refractivity contribution in [3.8, 4) is 0 Å². The molecule has 112 valence electrons. The first-order valence-electron chi connectivity index (χ1n) is 6.98. The van der Waals surface area contributed by atoms with Gasteiger partial charge >= 0.3 is 5.97 Å². The van der Waals surface area contributed by atoms with Crippen LogP contribution in [-0.4, -0.2) is 25.7 Å². The summed E-state index contributed by atoms with van der Waals surface area (Å²) in [6.45, 7) is 10.8. The summed E-state index contributed by atoms with van der Waals surface area (Å²) in [5.41, 5.74) is 8.03. The monoisotopic (exact) mass is 278 g/mol. The number of rotatable bonds is 4. The number of nitrogens with two attached hydrogens (primary N) is 1. The molecule has 1 aromatic carbocycles. The van der Waals surface area contributed by atoms with Gasteiger partial charge in [-0.05, 0) is 31.4 Å². The van der Waals surface area contributed by atoms with Gasteiger partial charge in [0.15, 0.2) is 0 Å². The van der Waals surface area contributed by atoms with Gasteiger partial charge in [0.1, 0.15) is 0 Å². The van der Waals surface area contributed by atoms with Gasteiger partial charge in [-0.2, -0.15) is 0 Å². The van der Waals surface area contributed by atoms with E-state index in [1.165, 1.54) is 0 Å². The van der Waals surface area contributed by atoms with Crippen molar-refractivity contribution in [2.24, 2.45) is 5.41 Å². The van der Waals surface area contributed by atoms with Gasteiger partial charge in [0.05, 0.1) is 23.5 Å². The number of esters is 1. The number of hydrogen-bond donors (Lipinski definition) is 1. The lowest BCUT2D eigenvalue weighted by Crippen LogP contribution is -2.39. The molecule has 0 saturated heterocycles. The van der Waals surface area contributed by atoms with Crippen LogP contribution in [0.4, 0.5) is 11.4 Å². The van der Waals surface area contributed by atoms with E-state index in [1.807, 2.05) is 19.2 Å². The van der Waals surface area contributed by atoms with Crippen molar-refractivity contribution < 1.29 is 9.53 Å². The molecule has 0 radical (unpaired) electrons. The fraction of sp³-hybridized carbons (Fsp3) is 0.562. The Kier molecular flexibility index (Phi) is 5.03. The Bertz CT molecular complexity index is 478. The van der Waals surface area contributed by atoms with E-state index < -0.39 is 0 Å². The van der Waals surface area contributed by atoms with E-state index in [2.05, 4.69) is 32.6 Å². The van der Waals surface area contributed by atoms with Crippen molar-refractivity contribution >= 4 is 17.3 Å². The first kappa shape index (κ1) is 16.3. The molecule has 0 aromatic heterocycles. The zero-order valence-electron chi connectivity index (χ0n) is 13.4. The van der Waals surface area contributed by atoms with Gasteiger partial charge in [0.25, 0.3) is 0 Å². The quantitative estimate of drug-likeness (QED) is 0.678. The standard InChI is InChI=1S/C16H26N2O2/c1-7-20-15(19)12-9-8-10-13(14(12)17)18(6)11(2)16(3,4)5/h8-11H,7,17H2,1-6H3. The molecule has 0 amide bonds. The first-order chi connectivity index (χ1) is 9.20. The Balaban J connectivity index is 3.14. The summed E-state index contributed by atoms with van der Waals surface area (Å²) in [5.74, 6) is -0.372. The maximum atomic E-state index is 11.9. The van der Waals surface area contributed by atoms with Crippen molar-refractivity contribution in [1.82, 2.24) is 0 Å². The second-order valence-corrected chi connectivity index (χ2v) is 6.11. The summed E-state index contributed by atoms with van der Waals surface area (Å²) in [4.78, 5) is 14.0. The molecule has 0 fully saturated rings. The molecule has 20 heavy (non-hydrogen) atoms. The van der Waals surface area contributed by atoms with Gasteiger partial charge in [-0.1, -0.05) is 26.8 Å². The first-order valence-corrected chi connectivity index (χ1v) is 6.98. The smallest absolute Gasteiger partial charge is 0.340 e. The Labute approximate surface area is 121 Å². The molecule has 4 heteroatoms. The molecule has 0 aliphatic heterocycles. The second-order valence-electron chi connectivity index (χ2n) is 6.11. The van der Waals surface area contributed by atoms with Crippen molar-refractivity contribution in [3.05, 3.63) is 23.8 Å². The predicted octanol–water partition coefficient (Wildman–Crippen LogP) is 3.32. The van der Waals surface area contributed by atoms with E-state index in [-0.39, 0.29) is 17.4 Å². The number of ether oxygens (including phenoxy) is 1. The summed E-state index contributed by atoms with van der Waals surface area (Å²) >= 11 is 0. The number of carbonyl (C=O) groups is 1. The molecule has 4 nitrogen and oxygen atoms in total. The van der Waals surface area contributed by atoms with Crippen LogP contribution in [0.5, 0.6) is 0 Å². The maximum absolute atomic E-state index is 11.9. The lowest BCUT2D eigenvalue weighted by Gasteiger charge is -2.37. The fourth-order valence-corrected chi connectivity index (χ4v) is 2.04. The summed E-state index contributed by atoms with van der Waals surface area (Å²) in [5, 5.41) is 0. The van der Waals surface area contributed by atoms with E-state index in [4.69, 9.17) is 10.5 Å². The summed E-state index contributed by atoms with van der Waals surface area (Å²) < 4.78 is 5.03. The van der Waals surface area contributed by atoms with Crippen LogP contribution >= 0.6 is 0 Å². The lowest BCUT2D eigenvalue weighted by atomic mass is 9.87. The van der Waals surface area contributed by atoms with Crippen molar-refractivity contribution in [1.29, 1.82) is 0 Å². The number of hydrogen-bond acceptors (Lipinski definition) is 4. The minimum atomic E-state index is -0.372. The van der Waals surface area contributed by atoms with Gasteiger partial charge in [0, 0.05) is 13.1 Å². The van der Waals surface area contributed by atoms with E-state index >= 15 is 0 Å². The molecule has 0 aliphatic rings. The average molecular weight is 278 g/mol. The lowest BCUT2D eigenvalue weighted by molar-refractivity contribution is 0.0527. The zero-order valence-corrected chi connectivity index (χ0v) is 13.4. The second kappa shape index (κ2) is 6.16.